The molecule has 0 spiro atoms. The molecule has 8 heteroatoms. The van der Waals surface area contributed by atoms with Gasteiger partial charge in [0.2, 0.25) is 0 Å². The average Bonchev–Trinajstić information content (AvgIpc) is 2.99. The summed E-state index contributed by atoms with van der Waals surface area (Å²) in [4.78, 5) is 40.6. The van der Waals surface area contributed by atoms with E-state index < -0.39 is 0 Å². The first-order valence-electron chi connectivity index (χ1n) is 14.1. The molecule has 214 valence electrons. The number of anilines is 2. The molecule has 5 rings (SSSR count). The van der Waals surface area contributed by atoms with Crippen molar-refractivity contribution in [2.24, 2.45) is 0 Å². The van der Waals surface area contributed by atoms with E-state index >= 15 is 0 Å². The molecule has 5 aromatic rings. The Kier molecular flexibility index (Phi) is 8.76. The van der Waals surface area contributed by atoms with Crippen molar-refractivity contribution in [1.82, 2.24) is 9.97 Å². The maximum atomic E-state index is 13.8. The Hall–Kier alpha value is -4.00. The lowest BCUT2D eigenvalue weighted by molar-refractivity contribution is 0.0974. The van der Waals surface area contributed by atoms with Crippen LogP contribution in [0.1, 0.15) is 58.8 Å². The molecule has 0 saturated heterocycles. The minimum Gasteiger partial charge on any atom is -0.307 e. The summed E-state index contributed by atoms with van der Waals surface area (Å²) in [5, 5.41) is 1.98. The van der Waals surface area contributed by atoms with E-state index in [4.69, 9.17) is 33.2 Å². The third-order valence-corrected chi connectivity index (χ3v) is 7.80. The lowest BCUT2D eigenvalue weighted by Gasteiger charge is -2.23. The summed E-state index contributed by atoms with van der Waals surface area (Å²) in [7, 11) is 0. The largest absolute Gasteiger partial charge is 0.307 e. The molecule has 3 aromatic carbocycles. The summed E-state index contributed by atoms with van der Waals surface area (Å²) in [5.74, 6) is -0.540. The number of carbonyl (C=O) groups is 2. The molecule has 0 bridgehead atoms. The molecule has 0 radical (unpaired) electrons. The van der Waals surface area contributed by atoms with Gasteiger partial charge in [-0.25, -0.2) is 9.97 Å². The van der Waals surface area contributed by atoms with Crippen molar-refractivity contribution >= 4 is 68.2 Å². The summed E-state index contributed by atoms with van der Waals surface area (Å²) in [5.41, 5.74) is 4.99. The molecule has 2 amide bonds. The normalized spacial score (nSPS) is 11.2. The van der Waals surface area contributed by atoms with E-state index in [-0.39, 0.29) is 23.2 Å². The van der Waals surface area contributed by atoms with Gasteiger partial charge in [-0.15, -0.1) is 0 Å². The van der Waals surface area contributed by atoms with Crippen LogP contribution in [0.15, 0.2) is 72.8 Å². The molecule has 0 aliphatic rings. The summed E-state index contributed by atoms with van der Waals surface area (Å²) in [6, 6.07) is 22.4. The van der Waals surface area contributed by atoms with Gasteiger partial charge in [0.25, 0.3) is 11.8 Å². The Labute approximate surface area is 255 Å². The zero-order valence-corrected chi connectivity index (χ0v) is 25.6. The summed E-state index contributed by atoms with van der Waals surface area (Å²) in [6.45, 7) is 9.08. The van der Waals surface area contributed by atoms with E-state index in [0.29, 0.717) is 44.9 Å². The summed E-state index contributed by atoms with van der Waals surface area (Å²) in [6.07, 6.45) is 1.53. The van der Waals surface area contributed by atoms with Gasteiger partial charge >= 0.3 is 0 Å². The molecular weight excluding hydrogens is 567 g/mol. The molecule has 42 heavy (non-hydrogen) atoms. The molecular formula is C34H32Cl2N4O2. The Bertz CT molecular complexity index is 1650. The average molecular weight is 600 g/mol. The minimum absolute atomic E-state index is 0.191. The number of halogens is 2. The number of pyridine rings is 2. The van der Waals surface area contributed by atoms with Crippen LogP contribution in [-0.4, -0.2) is 34.9 Å². The highest BCUT2D eigenvalue weighted by Crippen LogP contribution is 2.33. The maximum Gasteiger partial charge on any atom is 0.276 e. The van der Waals surface area contributed by atoms with Gasteiger partial charge in [0.05, 0.1) is 21.1 Å². The zero-order chi connectivity index (χ0) is 30.0. The number of hydrogen-bond acceptors (Lipinski definition) is 4. The lowest BCUT2D eigenvalue weighted by Crippen LogP contribution is -2.32. The Morgan fingerprint density at radius 2 is 0.976 bits per heavy atom. The summed E-state index contributed by atoms with van der Waals surface area (Å²) < 4.78 is 0. The third-order valence-electron chi connectivity index (χ3n) is 7.17. The van der Waals surface area contributed by atoms with Gasteiger partial charge in [-0.3, -0.25) is 9.59 Å². The predicted octanol–water partition coefficient (Wildman–Crippen LogP) is 8.82. The van der Waals surface area contributed by atoms with Crippen LogP contribution in [0.2, 0.25) is 10.0 Å². The van der Waals surface area contributed by atoms with Crippen LogP contribution in [-0.2, 0) is 0 Å². The van der Waals surface area contributed by atoms with Gasteiger partial charge in [-0.1, -0.05) is 84.6 Å². The van der Waals surface area contributed by atoms with E-state index in [2.05, 4.69) is 0 Å². The Morgan fingerprint density at radius 1 is 0.619 bits per heavy atom. The van der Waals surface area contributed by atoms with Crippen LogP contribution >= 0.6 is 23.2 Å². The molecule has 0 unspecified atom stereocenters. The molecule has 6 nitrogen and oxygen atoms in total. The molecule has 0 atom stereocenters. The van der Waals surface area contributed by atoms with E-state index in [1.165, 1.54) is 0 Å². The van der Waals surface area contributed by atoms with Crippen molar-refractivity contribution in [2.75, 3.05) is 22.9 Å². The van der Waals surface area contributed by atoms with Crippen LogP contribution in [0.3, 0.4) is 0 Å². The number of aryl methyl sites for hydroxylation is 2. The number of hydrogen-bond donors (Lipinski definition) is 0. The minimum atomic E-state index is -0.270. The lowest BCUT2D eigenvalue weighted by atomic mass is 10.1. The SMILES string of the molecule is CCCN(C(=O)c1cc(Cl)c2ccc3c(Cl)cc(C(=O)N(CCC)c4ccc(C)cc4)nc3c2n1)c1ccc(C)cc1. The number of benzene rings is 3. The second-order valence-corrected chi connectivity index (χ2v) is 11.2. The first-order chi connectivity index (χ1) is 20.2. The van der Waals surface area contributed by atoms with E-state index in [1.54, 1.807) is 21.9 Å². The van der Waals surface area contributed by atoms with Crippen LogP contribution in [0.5, 0.6) is 0 Å². The first-order valence-corrected chi connectivity index (χ1v) is 14.8. The van der Waals surface area contributed by atoms with Crippen LogP contribution in [0.25, 0.3) is 21.8 Å². The van der Waals surface area contributed by atoms with Crippen LogP contribution in [0, 0.1) is 13.8 Å². The van der Waals surface area contributed by atoms with Gasteiger partial charge < -0.3 is 9.80 Å². The Balaban J connectivity index is 1.64. The van der Waals surface area contributed by atoms with E-state index in [1.807, 2.05) is 88.4 Å². The zero-order valence-electron chi connectivity index (χ0n) is 24.1. The second kappa shape index (κ2) is 12.5. The highest BCUT2D eigenvalue weighted by molar-refractivity contribution is 6.39. The fourth-order valence-corrected chi connectivity index (χ4v) is 5.49. The standard InChI is InChI=1S/C34H32Cl2N4O2/c1-5-17-39(23-11-7-21(3)8-12-23)33(41)29-19-27(35)25-15-16-26-28(36)20-30(38-32(26)31(25)37-29)34(42)40(18-6-2)24-13-9-22(4)10-14-24/h7-16,19-20H,5-6,17-18H2,1-4H3. The number of carbonyl (C=O) groups excluding carboxylic acids is 2. The third kappa shape index (κ3) is 5.83. The molecule has 2 aromatic heterocycles. The monoisotopic (exact) mass is 598 g/mol. The number of rotatable bonds is 8. The van der Waals surface area contributed by atoms with Crippen molar-refractivity contribution in [1.29, 1.82) is 0 Å². The van der Waals surface area contributed by atoms with Crippen molar-refractivity contribution in [3.8, 4) is 0 Å². The van der Waals surface area contributed by atoms with Crippen molar-refractivity contribution in [3.05, 3.63) is 105 Å². The fourth-order valence-electron chi connectivity index (χ4n) is 4.98. The van der Waals surface area contributed by atoms with Crippen molar-refractivity contribution < 1.29 is 9.59 Å². The predicted molar refractivity (Wildman–Crippen MR) is 173 cm³/mol. The van der Waals surface area contributed by atoms with Crippen LogP contribution < -0.4 is 9.80 Å². The van der Waals surface area contributed by atoms with Gasteiger partial charge in [0, 0.05) is 35.2 Å². The smallest absolute Gasteiger partial charge is 0.276 e. The molecule has 0 saturated carbocycles. The molecule has 0 aliphatic carbocycles. The van der Waals surface area contributed by atoms with Crippen molar-refractivity contribution in [2.45, 2.75) is 40.5 Å². The number of aromatic nitrogens is 2. The highest BCUT2D eigenvalue weighted by Gasteiger charge is 2.24. The van der Waals surface area contributed by atoms with Gasteiger partial charge in [0.15, 0.2) is 0 Å². The first kappa shape index (κ1) is 29.5. The molecule has 0 aliphatic heterocycles. The number of amides is 2. The molecule has 0 fully saturated rings. The molecule has 2 heterocycles. The highest BCUT2D eigenvalue weighted by atomic mass is 35.5. The van der Waals surface area contributed by atoms with Crippen LogP contribution in [0.4, 0.5) is 11.4 Å². The maximum absolute atomic E-state index is 13.8. The summed E-state index contributed by atoms with van der Waals surface area (Å²) >= 11 is 13.5. The fraction of sp³-hybridized carbons (Fsp3) is 0.235. The second-order valence-electron chi connectivity index (χ2n) is 10.4. The topological polar surface area (TPSA) is 66.4 Å². The number of fused-ring (bicyclic) bond motifs is 3. The molecule has 0 N–H and O–H groups in total. The van der Waals surface area contributed by atoms with Gasteiger partial charge in [-0.05, 0) is 63.1 Å². The Morgan fingerprint density at radius 3 is 1.31 bits per heavy atom. The van der Waals surface area contributed by atoms with E-state index in [9.17, 15) is 9.59 Å². The van der Waals surface area contributed by atoms with E-state index in [0.717, 1.165) is 35.3 Å². The van der Waals surface area contributed by atoms with Gasteiger partial charge in [-0.2, -0.15) is 0 Å². The number of nitrogens with zero attached hydrogens (tertiary/aromatic N) is 4. The van der Waals surface area contributed by atoms with Crippen molar-refractivity contribution in [3.63, 3.8) is 0 Å². The quantitative estimate of drug-likeness (QED) is 0.167. The van der Waals surface area contributed by atoms with Gasteiger partial charge in [0.1, 0.15) is 11.4 Å².